The molecule has 144 valence electrons. The number of hydrogen-bond acceptors (Lipinski definition) is 4. The highest BCUT2D eigenvalue weighted by Gasteiger charge is 2.31. The summed E-state index contributed by atoms with van der Waals surface area (Å²) in [4.78, 5) is 14.6. The Balaban J connectivity index is 1.52. The number of benzene rings is 2. The third kappa shape index (κ3) is 3.43. The maximum atomic E-state index is 13.2. The summed E-state index contributed by atoms with van der Waals surface area (Å²) in [5.74, 6) is 0.342. The number of rotatable bonds is 5. The highest BCUT2D eigenvalue weighted by molar-refractivity contribution is 6.05. The van der Waals surface area contributed by atoms with Crippen LogP contribution in [-0.4, -0.2) is 29.3 Å². The summed E-state index contributed by atoms with van der Waals surface area (Å²) >= 11 is 0. The summed E-state index contributed by atoms with van der Waals surface area (Å²) in [6.07, 6.45) is 0. The van der Waals surface area contributed by atoms with Crippen molar-refractivity contribution in [1.29, 1.82) is 0 Å². The maximum absolute atomic E-state index is 13.2. The zero-order valence-corrected chi connectivity index (χ0v) is 15.7. The maximum Gasteiger partial charge on any atom is 0.276 e. The van der Waals surface area contributed by atoms with Gasteiger partial charge in [-0.05, 0) is 61.5 Å². The summed E-state index contributed by atoms with van der Waals surface area (Å²) in [5, 5.41) is 7.90. The van der Waals surface area contributed by atoms with Crippen molar-refractivity contribution in [2.45, 2.75) is 19.5 Å². The van der Waals surface area contributed by atoms with E-state index in [2.05, 4.69) is 10.4 Å². The Morgan fingerprint density at radius 3 is 2.57 bits per heavy atom. The van der Waals surface area contributed by atoms with Crippen LogP contribution >= 0.6 is 0 Å². The number of nitrogens with one attached hydrogen (secondary N) is 1. The summed E-state index contributed by atoms with van der Waals surface area (Å²) in [6, 6.07) is 15.4. The predicted molar refractivity (Wildman–Crippen MR) is 105 cm³/mol. The Morgan fingerprint density at radius 2 is 1.89 bits per heavy atom. The molecule has 28 heavy (non-hydrogen) atoms. The second-order valence-electron chi connectivity index (χ2n) is 6.79. The molecule has 0 aliphatic carbocycles. The Labute approximate surface area is 162 Å². The van der Waals surface area contributed by atoms with Crippen molar-refractivity contribution >= 4 is 17.3 Å². The molecule has 1 aromatic heterocycles. The van der Waals surface area contributed by atoms with E-state index in [0.717, 1.165) is 17.1 Å². The van der Waals surface area contributed by atoms with Crippen LogP contribution in [-0.2, 0) is 6.54 Å². The summed E-state index contributed by atoms with van der Waals surface area (Å²) in [5.41, 5.74) is 2.95. The second kappa shape index (κ2) is 7.34. The Hall–Kier alpha value is -3.35. The van der Waals surface area contributed by atoms with Gasteiger partial charge >= 0.3 is 0 Å². The minimum absolute atomic E-state index is 0.0208. The Morgan fingerprint density at radius 1 is 1.18 bits per heavy atom. The van der Waals surface area contributed by atoms with Crippen molar-refractivity contribution in [3.63, 3.8) is 0 Å². The number of methoxy groups -OCH3 is 1. The fraction of sp³-hybridized carbons (Fsp3) is 0.238. The molecule has 2 heterocycles. The van der Waals surface area contributed by atoms with E-state index in [1.807, 2.05) is 37.3 Å². The fourth-order valence-corrected chi connectivity index (χ4v) is 3.34. The number of carbonyl (C=O) groups excluding carboxylic acids is 1. The zero-order chi connectivity index (χ0) is 19.7. The first-order chi connectivity index (χ1) is 13.5. The largest absolute Gasteiger partial charge is 0.497 e. The number of ether oxygens (including phenoxy) is 1. The van der Waals surface area contributed by atoms with Crippen molar-refractivity contribution < 1.29 is 13.9 Å². The van der Waals surface area contributed by atoms with Gasteiger partial charge in [-0.25, -0.2) is 4.39 Å². The molecule has 0 spiro atoms. The second-order valence-corrected chi connectivity index (χ2v) is 6.79. The highest BCUT2D eigenvalue weighted by Crippen LogP contribution is 2.27. The minimum Gasteiger partial charge on any atom is -0.497 e. The predicted octanol–water partition coefficient (Wildman–Crippen LogP) is 3.86. The molecule has 1 amide bonds. The van der Waals surface area contributed by atoms with Gasteiger partial charge in [-0.2, -0.15) is 5.10 Å². The lowest BCUT2D eigenvalue weighted by Crippen LogP contribution is -2.42. The average Bonchev–Trinajstić information content (AvgIpc) is 3.16. The van der Waals surface area contributed by atoms with Gasteiger partial charge in [0.25, 0.3) is 5.91 Å². The van der Waals surface area contributed by atoms with Crippen LogP contribution in [0.15, 0.2) is 54.6 Å². The lowest BCUT2D eigenvalue weighted by molar-refractivity contribution is 0.0953. The summed E-state index contributed by atoms with van der Waals surface area (Å²) < 4.78 is 20.1. The van der Waals surface area contributed by atoms with E-state index in [9.17, 15) is 9.18 Å². The molecule has 0 fully saturated rings. The van der Waals surface area contributed by atoms with Crippen molar-refractivity contribution in [1.82, 2.24) is 9.78 Å². The van der Waals surface area contributed by atoms with Gasteiger partial charge in [0.15, 0.2) is 0 Å². The molecule has 3 aromatic rings. The van der Waals surface area contributed by atoms with Crippen molar-refractivity contribution in [3.8, 4) is 5.75 Å². The highest BCUT2D eigenvalue weighted by atomic mass is 19.1. The quantitative estimate of drug-likeness (QED) is 0.730. The molecule has 1 atom stereocenters. The van der Waals surface area contributed by atoms with E-state index in [1.54, 1.807) is 28.8 Å². The number of halogens is 1. The van der Waals surface area contributed by atoms with Gasteiger partial charge in [0.1, 0.15) is 17.3 Å². The molecule has 4 rings (SSSR count). The average molecular weight is 380 g/mol. The van der Waals surface area contributed by atoms with Gasteiger partial charge in [-0.1, -0.05) is 0 Å². The van der Waals surface area contributed by atoms with Crippen molar-refractivity contribution in [2.24, 2.45) is 0 Å². The van der Waals surface area contributed by atoms with E-state index < -0.39 is 0 Å². The van der Waals surface area contributed by atoms with E-state index in [-0.39, 0.29) is 17.8 Å². The Bertz CT molecular complexity index is 983. The number of nitrogens with zero attached hydrogens (tertiary/aromatic N) is 3. The van der Waals surface area contributed by atoms with Crippen LogP contribution in [0.2, 0.25) is 0 Å². The smallest absolute Gasteiger partial charge is 0.276 e. The third-order valence-electron chi connectivity index (χ3n) is 4.82. The first-order valence-corrected chi connectivity index (χ1v) is 9.09. The fourth-order valence-electron chi connectivity index (χ4n) is 3.34. The number of aromatic nitrogens is 2. The van der Waals surface area contributed by atoms with Crippen LogP contribution in [0.1, 0.15) is 29.1 Å². The van der Waals surface area contributed by atoms with Crippen LogP contribution in [0.4, 0.5) is 15.8 Å². The van der Waals surface area contributed by atoms with Gasteiger partial charge in [0, 0.05) is 17.9 Å². The number of fused-ring (bicyclic) bond motifs is 1. The molecule has 1 N–H and O–H groups in total. The van der Waals surface area contributed by atoms with Crippen LogP contribution in [0, 0.1) is 5.82 Å². The first kappa shape index (κ1) is 18.0. The molecule has 1 aliphatic heterocycles. The molecule has 0 saturated heterocycles. The number of carbonyl (C=O) groups is 1. The van der Waals surface area contributed by atoms with Crippen LogP contribution in [0.5, 0.6) is 5.75 Å². The molecule has 0 saturated carbocycles. The third-order valence-corrected chi connectivity index (χ3v) is 4.82. The van der Waals surface area contributed by atoms with Crippen molar-refractivity contribution in [3.05, 3.63) is 71.8 Å². The molecule has 2 aromatic carbocycles. The van der Waals surface area contributed by atoms with Gasteiger partial charge in [-0.15, -0.1) is 0 Å². The molecular weight excluding hydrogens is 359 g/mol. The number of anilines is 2. The van der Waals surface area contributed by atoms with Crippen molar-refractivity contribution in [2.75, 3.05) is 23.9 Å². The monoisotopic (exact) mass is 380 g/mol. The lowest BCUT2D eigenvalue weighted by atomic mass is 10.1. The molecular formula is C21H21FN4O2. The standard InChI is InChI=1S/C21H21FN4O2/c1-14-13-25(18-7-3-15(22)4-8-18)21(27)20-11-17(24-26(14)20)12-23-16-5-9-19(28-2)10-6-16/h3-11,14,23H,12-13H2,1-2H3. The molecule has 0 radical (unpaired) electrons. The number of hydrogen-bond donors (Lipinski definition) is 1. The molecule has 1 unspecified atom stereocenters. The minimum atomic E-state index is -0.321. The van der Waals surface area contributed by atoms with Gasteiger partial charge in [-0.3, -0.25) is 9.48 Å². The number of amides is 1. The lowest BCUT2D eigenvalue weighted by Gasteiger charge is -2.31. The first-order valence-electron chi connectivity index (χ1n) is 9.09. The normalized spacial score (nSPS) is 16.0. The molecule has 7 heteroatoms. The Kier molecular flexibility index (Phi) is 4.73. The zero-order valence-electron chi connectivity index (χ0n) is 15.7. The van der Waals surface area contributed by atoms with Crippen LogP contribution < -0.4 is 15.0 Å². The molecule has 0 bridgehead atoms. The van der Waals surface area contributed by atoms with E-state index >= 15 is 0 Å². The van der Waals surface area contributed by atoms with Gasteiger partial charge in [0.05, 0.1) is 25.4 Å². The molecule has 6 nitrogen and oxygen atoms in total. The SMILES string of the molecule is COc1ccc(NCc2cc3n(n2)C(C)CN(c2ccc(F)cc2)C3=O)cc1. The topological polar surface area (TPSA) is 59.4 Å². The summed E-state index contributed by atoms with van der Waals surface area (Å²) in [6.45, 7) is 3.01. The van der Waals surface area contributed by atoms with Crippen LogP contribution in [0.25, 0.3) is 0 Å². The van der Waals surface area contributed by atoms with Gasteiger partial charge in [0.2, 0.25) is 0 Å². The summed E-state index contributed by atoms with van der Waals surface area (Å²) in [7, 11) is 1.63. The van der Waals surface area contributed by atoms with Crippen LogP contribution in [0.3, 0.4) is 0 Å². The van der Waals surface area contributed by atoms with Gasteiger partial charge < -0.3 is 15.0 Å². The molecule has 1 aliphatic rings. The van der Waals surface area contributed by atoms with E-state index in [1.165, 1.54) is 12.1 Å². The van der Waals surface area contributed by atoms with E-state index in [0.29, 0.717) is 24.5 Å². The van der Waals surface area contributed by atoms with E-state index in [4.69, 9.17) is 4.74 Å².